The molecule has 1 rings (SSSR count). The zero-order chi connectivity index (χ0) is 60.0. The third-order valence-corrected chi connectivity index (χ3v) is 17.3. The lowest BCUT2D eigenvalue weighted by Gasteiger charge is -2.34. The second-order valence-electron chi connectivity index (χ2n) is 22.9. The fourth-order valence-corrected chi connectivity index (χ4v) is 11.7. The Balaban J connectivity index is 2.48. The van der Waals surface area contributed by atoms with E-state index in [0.29, 0.717) is 180 Å². The van der Waals surface area contributed by atoms with Gasteiger partial charge in [-0.3, -0.25) is 43.6 Å². The van der Waals surface area contributed by atoms with Gasteiger partial charge in [-0.05, 0) is 117 Å². The molecule has 0 amide bonds. The van der Waals surface area contributed by atoms with Crippen molar-refractivity contribution < 1.29 is 68.1 Å². The molecule has 81 heavy (non-hydrogen) atoms. The van der Waals surface area contributed by atoms with Gasteiger partial charge in [0.1, 0.15) is 6.61 Å². The first-order valence-electron chi connectivity index (χ1n) is 31.6. The maximum absolute atomic E-state index is 12.9. The molecule has 0 aromatic heterocycles. The first-order chi connectivity index (χ1) is 38.8. The van der Waals surface area contributed by atoms with Crippen molar-refractivity contribution in [1.82, 2.24) is 19.6 Å². The van der Waals surface area contributed by atoms with Crippen LogP contribution in [0.15, 0.2) is 0 Å². The average molecular weight is 1190 g/mol. The van der Waals surface area contributed by atoms with E-state index in [2.05, 4.69) is 42.4 Å². The Hall–Kier alpha value is -2.27. The maximum atomic E-state index is 12.9. The Kier molecular flexibility index (Phi) is 47.3. The molecule has 18 nitrogen and oxygen atoms in total. The number of ether oxygens (including phenoxy) is 5. The molecular formula is C61H116N4O14S2. The van der Waals surface area contributed by atoms with Gasteiger partial charge in [-0.2, -0.15) is 0 Å². The number of piperazine rings is 1. The van der Waals surface area contributed by atoms with Gasteiger partial charge in [0, 0.05) is 109 Å². The van der Waals surface area contributed by atoms with Crippen LogP contribution in [0.4, 0.5) is 0 Å². The number of aliphatic hydroxyl groups is 4. The van der Waals surface area contributed by atoms with Crippen LogP contribution in [0.3, 0.4) is 0 Å². The quantitative estimate of drug-likeness (QED) is 0.0193. The van der Waals surface area contributed by atoms with Crippen LogP contribution in [-0.2, 0) is 47.7 Å². The highest BCUT2D eigenvalue weighted by Crippen LogP contribution is 2.23. The zero-order valence-corrected chi connectivity index (χ0v) is 53.5. The minimum Gasteiger partial charge on any atom is -0.465 e. The van der Waals surface area contributed by atoms with Gasteiger partial charge in [-0.1, -0.05) is 101 Å². The summed E-state index contributed by atoms with van der Waals surface area (Å²) in [6, 6.07) is 0. The van der Waals surface area contributed by atoms with Crippen molar-refractivity contribution >= 4 is 51.4 Å². The molecule has 0 aromatic carbocycles. The lowest BCUT2D eigenvalue weighted by atomic mass is 10.1. The van der Waals surface area contributed by atoms with E-state index in [4.69, 9.17) is 23.7 Å². The van der Waals surface area contributed by atoms with Crippen LogP contribution in [0.5, 0.6) is 0 Å². The summed E-state index contributed by atoms with van der Waals surface area (Å²) in [6.45, 7) is 25.1. The minimum absolute atomic E-state index is 0.140. The van der Waals surface area contributed by atoms with Gasteiger partial charge in [-0.15, -0.1) is 0 Å². The number of unbranched alkanes of at least 4 members (excludes halogenated alkanes) is 4. The van der Waals surface area contributed by atoms with Crippen LogP contribution < -0.4 is 0 Å². The number of nitrogens with zero attached hydrogens (tertiary/aromatic N) is 4. The minimum atomic E-state index is -0.655. The van der Waals surface area contributed by atoms with Gasteiger partial charge in [-0.25, -0.2) is 0 Å². The molecule has 1 heterocycles. The summed E-state index contributed by atoms with van der Waals surface area (Å²) in [5.41, 5.74) is 0. The van der Waals surface area contributed by atoms with Crippen molar-refractivity contribution in [3.63, 3.8) is 0 Å². The van der Waals surface area contributed by atoms with E-state index in [1.54, 1.807) is 0 Å². The normalized spacial score (nSPS) is 15.0. The summed E-state index contributed by atoms with van der Waals surface area (Å²) in [5, 5.41) is 43.8. The lowest BCUT2D eigenvalue weighted by molar-refractivity contribution is -0.148. The molecule has 0 radical (unpaired) electrons. The number of aliphatic hydroxyl groups excluding tert-OH is 4. The van der Waals surface area contributed by atoms with E-state index in [1.165, 1.54) is 0 Å². The topological polar surface area (TPSA) is 225 Å². The lowest BCUT2D eigenvalue weighted by Crippen LogP contribution is -2.47. The van der Waals surface area contributed by atoms with Crippen molar-refractivity contribution in [3.05, 3.63) is 0 Å². The van der Waals surface area contributed by atoms with Gasteiger partial charge in [0.25, 0.3) is 0 Å². The van der Waals surface area contributed by atoms with Gasteiger partial charge < -0.3 is 44.1 Å². The van der Waals surface area contributed by atoms with Crippen LogP contribution in [0.2, 0.25) is 0 Å². The van der Waals surface area contributed by atoms with E-state index in [0.717, 1.165) is 82.9 Å². The van der Waals surface area contributed by atoms with Gasteiger partial charge >= 0.3 is 29.8 Å². The Morgan fingerprint density at radius 1 is 0.432 bits per heavy atom. The van der Waals surface area contributed by atoms with Crippen molar-refractivity contribution in [3.8, 4) is 0 Å². The molecular weight excluding hydrogens is 1080 g/mol. The molecule has 4 atom stereocenters. The molecule has 1 fully saturated rings. The highest BCUT2D eigenvalue weighted by molar-refractivity contribution is 8.76. The van der Waals surface area contributed by atoms with Crippen LogP contribution >= 0.6 is 21.6 Å². The third kappa shape index (κ3) is 44.8. The maximum Gasteiger partial charge on any atom is 0.306 e. The zero-order valence-electron chi connectivity index (χ0n) is 51.9. The molecule has 0 saturated carbocycles. The monoisotopic (exact) mass is 1190 g/mol. The standard InChI is InChI=1S/C61H116N4O14S2/c1-9-51(10-2)47-76-58(71)27-17-13-23-53(66)43-64(44-54(67)24-14-18-28-59(72)77-48-52(11-3)12-4)32-21-31-57(70)75-40-38-62-34-36-63(37-35-62)39-42-81-80-41-22-33-65(45-55(68)25-15-19-29-60(73)78-49(5)6)46-56(69)26-16-20-30-61(74)79-50(7)8/h49-56,66-69H,9-48H2,1-8H3. The summed E-state index contributed by atoms with van der Waals surface area (Å²) >= 11 is 0. The van der Waals surface area contributed by atoms with Crippen molar-refractivity contribution in [2.75, 3.05) is 110 Å². The molecule has 4 N–H and O–H groups in total. The van der Waals surface area contributed by atoms with E-state index < -0.39 is 24.4 Å². The van der Waals surface area contributed by atoms with Gasteiger partial charge in [0.05, 0.1) is 49.8 Å². The van der Waals surface area contributed by atoms with E-state index in [-0.39, 0.29) is 48.5 Å². The Morgan fingerprint density at radius 2 is 0.765 bits per heavy atom. The number of rotatable bonds is 53. The van der Waals surface area contributed by atoms with Crippen molar-refractivity contribution in [2.45, 2.75) is 240 Å². The summed E-state index contributed by atoms with van der Waals surface area (Å²) in [5.74, 6) is 1.61. The summed E-state index contributed by atoms with van der Waals surface area (Å²) < 4.78 is 27.0. The number of carbonyl (C=O) groups excluding carboxylic acids is 5. The fourth-order valence-electron chi connectivity index (χ4n) is 9.60. The summed E-state index contributed by atoms with van der Waals surface area (Å²) in [6.07, 6.45) is 11.7. The van der Waals surface area contributed by atoms with Crippen LogP contribution in [0.1, 0.15) is 203 Å². The molecule has 20 heteroatoms. The van der Waals surface area contributed by atoms with Crippen molar-refractivity contribution in [2.24, 2.45) is 11.8 Å². The second-order valence-corrected chi connectivity index (χ2v) is 25.6. The number of hydrogen-bond acceptors (Lipinski definition) is 20. The first-order valence-corrected chi connectivity index (χ1v) is 34.1. The van der Waals surface area contributed by atoms with Crippen LogP contribution in [-0.4, -0.2) is 216 Å². The second kappa shape index (κ2) is 49.9. The number of carbonyl (C=O) groups is 5. The molecule has 0 bridgehead atoms. The Morgan fingerprint density at radius 3 is 1.15 bits per heavy atom. The van der Waals surface area contributed by atoms with E-state index >= 15 is 0 Å². The molecule has 1 saturated heterocycles. The predicted molar refractivity (Wildman–Crippen MR) is 326 cm³/mol. The van der Waals surface area contributed by atoms with Crippen molar-refractivity contribution in [1.29, 1.82) is 0 Å². The smallest absolute Gasteiger partial charge is 0.306 e. The molecule has 1 aliphatic rings. The van der Waals surface area contributed by atoms with Crippen LogP contribution in [0.25, 0.3) is 0 Å². The SMILES string of the molecule is CCC(CC)COC(=O)CCCCC(O)CN(CCCC(=O)OCCN1CCN(CCSSCCCN(CC(O)CCCCC(=O)OC(C)C)CC(O)CCCCC(=O)OC(C)C)CC1)CC(O)CCCCC(=O)OCC(CC)CC. The summed E-state index contributed by atoms with van der Waals surface area (Å²) in [4.78, 5) is 70.2. The molecule has 1 aliphatic heterocycles. The fraction of sp³-hybridized carbons (Fsp3) is 0.918. The highest BCUT2D eigenvalue weighted by atomic mass is 33.1. The highest BCUT2D eigenvalue weighted by Gasteiger charge is 2.21. The number of hydrogen-bond donors (Lipinski definition) is 4. The van der Waals surface area contributed by atoms with Crippen LogP contribution in [0, 0.1) is 11.8 Å². The number of esters is 5. The average Bonchev–Trinajstić information content (AvgIpc) is 3.41. The van der Waals surface area contributed by atoms with E-state index in [9.17, 15) is 44.4 Å². The van der Waals surface area contributed by atoms with Gasteiger partial charge in [0.15, 0.2) is 0 Å². The Labute approximate surface area is 498 Å². The molecule has 0 spiro atoms. The molecule has 0 aromatic rings. The molecule has 4 unspecified atom stereocenters. The molecule has 0 aliphatic carbocycles. The summed E-state index contributed by atoms with van der Waals surface area (Å²) in [7, 11) is 3.72. The largest absolute Gasteiger partial charge is 0.465 e. The third-order valence-electron chi connectivity index (χ3n) is 14.8. The van der Waals surface area contributed by atoms with Gasteiger partial charge in [0.2, 0.25) is 0 Å². The first kappa shape index (κ1) is 76.7. The van der Waals surface area contributed by atoms with E-state index in [1.807, 2.05) is 54.2 Å². The molecule has 476 valence electrons. The Bertz CT molecular complexity index is 1510. The predicted octanol–water partition coefficient (Wildman–Crippen LogP) is 8.85.